The van der Waals surface area contributed by atoms with E-state index in [4.69, 9.17) is 5.11 Å². The molecule has 1 heterocycles. The van der Waals surface area contributed by atoms with Crippen LogP contribution in [0.4, 0.5) is 0 Å². The van der Waals surface area contributed by atoms with Crippen molar-refractivity contribution in [3.05, 3.63) is 0 Å². The average molecular weight is 183 g/mol. The maximum atomic E-state index is 11.1. The van der Waals surface area contributed by atoms with Crippen LogP contribution in [0.5, 0.6) is 0 Å². The topological polar surface area (TPSA) is 66.4 Å². The van der Waals surface area contributed by atoms with Crippen LogP contribution < -0.4 is 5.32 Å². The first-order valence-corrected chi connectivity index (χ1v) is 4.68. The smallest absolute Gasteiger partial charge is 0.303 e. The molecule has 1 aliphatic heterocycles. The van der Waals surface area contributed by atoms with Crippen molar-refractivity contribution in [1.82, 2.24) is 5.32 Å². The molecule has 0 bridgehead atoms. The van der Waals surface area contributed by atoms with E-state index in [9.17, 15) is 9.59 Å². The SMILES string of the molecule is O=C(O)C[C@H]1CC(=O)N[C@@H]1C1CC1. The Hall–Kier alpha value is -1.06. The lowest BCUT2D eigenvalue weighted by atomic mass is 9.94. The largest absolute Gasteiger partial charge is 0.481 e. The molecule has 1 aliphatic carbocycles. The predicted molar refractivity (Wildman–Crippen MR) is 45.0 cm³/mol. The molecule has 0 aromatic rings. The van der Waals surface area contributed by atoms with Crippen molar-refractivity contribution in [2.45, 2.75) is 31.7 Å². The Balaban J connectivity index is 1.98. The van der Waals surface area contributed by atoms with Gasteiger partial charge in [-0.15, -0.1) is 0 Å². The van der Waals surface area contributed by atoms with Crippen LogP contribution in [0.3, 0.4) is 0 Å². The lowest BCUT2D eigenvalue weighted by Gasteiger charge is -2.15. The summed E-state index contributed by atoms with van der Waals surface area (Å²) in [7, 11) is 0. The van der Waals surface area contributed by atoms with Crippen LogP contribution in [0.1, 0.15) is 25.7 Å². The van der Waals surface area contributed by atoms with Gasteiger partial charge >= 0.3 is 5.97 Å². The van der Waals surface area contributed by atoms with Gasteiger partial charge in [-0.25, -0.2) is 0 Å². The number of carbonyl (C=O) groups excluding carboxylic acids is 1. The van der Waals surface area contributed by atoms with Crippen molar-refractivity contribution in [2.75, 3.05) is 0 Å². The van der Waals surface area contributed by atoms with Crippen LogP contribution in [-0.2, 0) is 9.59 Å². The highest BCUT2D eigenvalue weighted by Gasteiger charge is 2.42. The molecule has 1 amide bonds. The summed E-state index contributed by atoms with van der Waals surface area (Å²) in [4.78, 5) is 21.6. The summed E-state index contributed by atoms with van der Waals surface area (Å²) in [6.45, 7) is 0. The molecule has 2 aliphatic rings. The fourth-order valence-corrected chi connectivity index (χ4v) is 2.11. The van der Waals surface area contributed by atoms with Crippen molar-refractivity contribution < 1.29 is 14.7 Å². The molecule has 1 saturated heterocycles. The van der Waals surface area contributed by atoms with Gasteiger partial charge in [0.05, 0.1) is 6.42 Å². The minimum absolute atomic E-state index is 0.0168. The summed E-state index contributed by atoms with van der Waals surface area (Å²) >= 11 is 0. The van der Waals surface area contributed by atoms with E-state index in [1.54, 1.807) is 0 Å². The fourth-order valence-electron chi connectivity index (χ4n) is 2.11. The molecular weight excluding hydrogens is 170 g/mol. The minimum Gasteiger partial charge on any atom is -0.481 e. The third-order valence-electron chi connectivity index (χ3n) is 2.85. The normalized spacial score (nSPS) is 33.1. The number of hydrogen-bond acceptors (Lipinski definition) is 2. The Morgan fingerprint density at radius 2 is 2.23 bits per heavy atom. The maximum absolute atomic E-state index is 11.1. The number of carboxylic acids is 1. The molecule has 2 rings (SSSR count). The second-order valence-corrected chi connectivity index (χ2v) is 3.99. The van der Waals surface area contributed by atoms with E-state index >= 15 is 0 Å². The first kappa shape index (κ1) is 8.53. The fraction of sp³-hybridized carbons (Fsp3) is 0.778. The van der Waals surface area contributed by atoms with E-state index in [2.05, 4.69) is 5.32 Å². The standard InChI is InChI=1S/C9H13NO3/c11-7-3-6(4-8(12)13)9(10-7)5-1-2-5/h5-6,9H,1-4H2,(H,10,11)(H,12,13)/t6-,9-/m1/s1. The van der Waals surface area contributed by atoms with Gasteiger partial charge in [-0.2, -0.15) is 0 Å². The summed E-state index contributed by atoms with van der Waals surface area (Å²) in [5.74, 6) is -0.205. The molecule has 72 valence electrons. The van der Waals surface area contributed by atoms with Gasteiger partial charge in [-0.1, -0.05) is 0 Å². The van der Waals surface area contributed by atoms with E-state index in [-0.39, 0.29) is 24.3 Å². The Morgan fingerprint density at radius 1 is 1.54 bits per heavy atom. The lowest BCUT2D eigenvalue weighted by molar-refractivity contribution is -0.138. The molecule has 4 heteroatoms. The number of rotatable bonds is 3. The van der Waals surface area contributed by atoms with E-state index in [0.717, 1.165) is 12.8 Å². The summed E-state index contributed by atoms with van der Waals surface area (Å²) < 4.78 is 0. The van der Waals surface area contributed by atoms with Gasteiger partial charge in [0.15, 0.2) is 0 Å². The Labute approximate surface area is 76.3 Å². The molecule has 2 atom stereocenters. The molecule has 0 unspecified atom stereocenters. The van der Waals surface area contributed by atoms with Crippen LogP contribution in [-0.4, -0.2) is 23.0 Å². The van der Waals surface area contributed by atoms with Crippen molar-refractivity contribution in [3.8, 4) is 0 Å². The number of nitrogens with one attached hydrogen (secondary N) is 1. The summed E-state index contributed by atoms with van der Waals surface area (Å²) in [6.07, 6.45) is 2.80. The van der Waals surface area contributed by atoms with Gasteiger partial charge in [-0.3, -0.25) is 9.59 Å². The van der Waals surface area contributed by atoms with Crippen molar-refractivity contribution in [2.24, 2.45) is 11.8 Å². The molecule has 0 aromatic carbocycles. The quantitative estimate of drug-likeness (QED) is 0.664. The highest BCUT2D eigenvalue weighted by atomic mass is 16.4. The number of hydrogen-bond donors (Lipinski definition) is 2. The predicted octanol–water partition coefficient (Wildman–Crippen LogP) is 0.376. The third kappa shape index (κ3) is 1.82. The van der Waals surface area contributed by atoms with Gasteiger partial charge in [0.25, 0.3) is 0 Å². The van der Waals surface area contributed by atoms with Gasteiger partial charge in [-0.05, 0) is 24.7 Å². The molecule has 2 N–H and O–H groups in total. The Kier molecular flexibility index (Phi) is 1.98. The molecule has 1 saturated carbocycles. The second-order valence-electron chi connectivity index (χ2n) is 3.99. The maximum Gasteiger partial charge on any atom is 0.303 e. The Morgan fingerprint density at radius 3 is 2.77 bits per heavy atom. The van der Waals surface area contributed by atoms with Gasteiger partial charge in [0, 0.05) is 12.5 Å². The lowest BCUT2D eigenvalue weighted by Crippen LogP contribution is -2.31. The zero-order valence-corrected chi connectivity index (χ0v) is 7.32. The second kappa shape index (κ2) is 3.01. The molecular formula is C9H13NO3. The highest BCUT2D eigenvalue weighted by Crippen LogP contribution is 2.39. The van der Waals surface area contributed by atoms with Crippen molar-refractivity contribution >= 4 is 11.9 Å². The van der Waals surface area contributed by atoms with Gasteiger partial charge in [0.2, 0.25) is 5.91 Å². The van der Waals surface area contributed by atoms with Gasteiger partial charge in [0.1, 0.15) is 0 Å². The summed E-state index contributed by atoms with van der Waals surface area (Å²) in [5, 5.41) is 11.5. The van der Waals surface area contributed by atoms with Crippen LogP contribution in [0.25, 0.3) is 0 Å². The van der Waals surface area contributed by atoms with Crippen molar-refractivity contribution in [3.63, 3.8) is 0 Å². The zero-order chi connectivity index (χ0) is 9.42. The average Bonchev–Trinajstić information content (AvgIpc) is 2.77. The molecule has 0 radical (unpaired) electrons. The molecule has 0 spiro atoms. The first-order chi connectivity index (χ1) is 6.16. The highest BCUT2D eigenvalue weighted by molar-refractivity contribution is 5.80. The first-order valence-electron chi connectivity index (χ1n) is 4.68. The van der Waals surface area contributed by atoms with Crippen molar-refractivity contribution in [1.29, 1.82) is 0 Å². The number of carbonyl (C=O) groups is 2. The number of amides is 1. The molecule has 4 nitrogen and oxygen atoms in total. The van der Waals surface area contributed by atoms with E-state index in [1.165, 1.54) is 0 Å². The van der Waals surface area contributed by atoms with Gasteiger partial charge < -0.3 is 10.4 Å². The summed E-state index contributed by atoms with van der Waals surface area (Å²) in [5.41, 5.74) is 0. The van der Waals surface area contributed by atoms with E-state index in [0.29, 0.717) is 12.3 Å². The molecule has 0 aromatic heterocycles. The van der Waals surface area contributed by atoms with Crippen LogP contribution in [0.2, 0.25) is 0 Å². The minimum atomic E-state index is -0.799. The van der Waals surface area contributed by atoms with Crippen LogP contribution in [0.15, 0.2) is 0 Å². The number of carboxylic acid groups (broad SMARTS) is 1. The summed E-state index contributed by atoms with van der Waals surface area (Å²) in [6, 6.07) is 0.142. The van der Waals surface area contributed by atoms with Crippen LogP contribution in [0, 0.1) is 11.8 Å². The third-order valence-corrected chi connectivity index (χ3v) is 2.85. The zero-order valence-electron chi connectivity index (χ0n) is 7.32. The van der Waals surface area contributed by atoms with E-state index in [1.807, 2.05) is 0 Å². The van der Waals surface area contributed by atoms with E-state index < -0.39 is 5.97 Å². The molecule has 13 heavy (non-hydrogen) atoms. The Bertz CT molecular complexity index is 247. The monoisotopic (exact) mass is 183 g/mol. The number of aliphatic carboxylic acids is 1. The molecule has 2 fully saturated rings. The van der Waals surface area contributed by atoms with Crippen LogP contribution >= 0.6 is 0 Å².